The fraction of sp³-hybridized carbons (Fsp3) is 0.538. The van der Waals surface area contributed by atoms with Crippen molar-refractivity contribution < 1.29 is 9.52 Å². The highest BCUT2D eigenvalue weighted by Crippen LogP contribution is 2.26. The molecule has 2 aromatic rings. The molecule has 2 rings (SSSR count). The zero-order valence-electron chi connectivity index (χ0n) is 11.6. The molecule has 0 aliphatic heterocycles. The molecule has 0 saturated heterocycles. The molecular formula is C13H19N3O2S. The molecule has 1 unspecified atom stereocenters. The Bertz CT molecular complexity index is 516. The molecule has 0 aliphatic rings. The van der Waals surface area contributed by atoms with Crippen molar-refractivity contribution in [2.24, 2.45) is 0 Å². The Kier molecular flexibility index (Phi) is 4.03. The monoisotopic (exact) mass is 281 g/mol. The third-order valence-corrected chi connectivity index (χ3v) is 3.69. The first-order chi connectivity index (χ1) is 8.87. The molecule has 0 spiro atoms. The second kappa shape index (κ2) is 5.40. The van der Waals surface area contributed by atoms with Crippen LogP contribution in [-0.4, -0.2) is 39.4 Å². The minimum atomic E-state index is -0.750. The van der Waals surface area contributed by atoms with Crippen molar-refractivity contribution in [1.29, 1.82) is 0 Å². The summed E-state index contributed by atoms with van der Waals surface area (Å²) in [4.78, 5) is 2.96. The van der Waals surface area contributed by atoms with E-state index in [1.54, 1.807) is 25.2 Å². The molecule has 0 saturated carbocycles. The third-order valence-electron chi connectivity index (χ3n) is 2.83. The summed E-state index contributed by atoms with van der Waals surface area (Å²) in [6, 6.07) is 3.87. The van der Waals surface area contributed by atoms with Crippen LogP contribution in [0.1, 0.15) is 32.7 Å². The van der Waals surface area contributed by atoms with E-state index in [1.165, 1.54) is 0 Å². The first-order valence-electron chi connectivity index (χ1n) is 6.17. The average Bonchev–Trinajstić information content (AvgIpc) is 2.96. The number of rotatable bonds is 5. The number of thiophene rings is 1. The quantitative estimate of drug-likeness (QED) is 0.912. The lowest BCUT2D eigenvalue weighted by Gasteiger charge is -2.28. The van der Waals surface area contributed by atoms with E-state index in [4.69, 9.17) is 4.42 Å². The zero-order chi connectivity index (χ0) is 14.0. The van der Waals surface area contributed by atoms with Gasteiger partial charge in [-0.15, -0.1) is 21.5 Å². The molecular weight excluding hydrogens is 262 g/mol. The number of aromatic nitrogens is 2. The normalized spacial score (nSPS) is 14.0. The highest BCUT2D eigenvalue weighted by atomic mass is 32.1. The third kappa shape index (κ3) is 3.62. The van der Waals surface area contributed by atoms with Crippen molar-refractivity contribution in [3.8, 4) is 10.8 Å². The molecule has 104 valence electrons. The van der Waals surface area contributed by atoms with Crippen molar-refractivity contribution in [3.63, 3.8) is 0 Å². The smallest absolute Gasteiger partial charge is 0.257 e. The van der Waals surface area contributed by atoms with E-state index in [0.717, 1.165) is 4.88 Å². The molecule has 0 fully saturated rings. The van der Waals surface area contributed by atoms with Crippen molar-refractivity contribution >= 4 is 11.3 Å². The van der Waals surface area contributed by atoms with Gasteiger partial charge in [0, 0.05) is 6.54 Å². The summed E-state index contributed by atoms with van der Waals surface area (Å²) < 4.78 is 5.69. The standard InChI is InChI=1S/C13H19N3O2S/c1-9(16(4)8-13(2,3)17)11-14-15-12(18-11)10-6-5-7-19-10/h5-7,9,17H,8H2,1-4H3. The summed E-state index contributed by atoms with van der Waals surface area (Å²) in [5, 5.41) is 20.0. The predicted molar refractivity (Wildman–Crippen MR) is 75.0 cm³/mol. The van der Waals surface area contributed by atoms with Crippen LogP contribution in [0.15, 0.2) is 21.9 Å². The number of hydrogen-bond donors (Lipinski definition) is 1. The van der Waals surface area contributed by atoms with E-state index < -0.39 is 5.60 Å². The number of nitrogens with zero attached hydrogens (tertiary/aromatic N) is 3. The van der Waals surface area contributed by atoms with Gasteiger partial charge in [-0.1, -0.05) is 6.07 Å². The van der Waals surface area contributed by atoms with Gasteiger partial charge in [0.1, 0.15) is 0 Å². The molecule has 5 nitrogen and oxygen atoms in total. The maximum Gasteiger partial charge on any atom is 0.257 e. The minimum absolute atomic E-state index is 0.0346. The van der Waals surface area contributed by atoms with E-state index in [1.807, 2.05) is 36.4 Å². The fourth-order valence-corrected chi connectivity index (χ4v) is 2.48. The summed E-state index contributed by atoms with van der Waals surface area (Å²) in [5.74, 6) is 1.11. The van der Waals surface area contributed by atoms with Crippen LogP contribution in [0.4, 0.5) is 0 Å². The Morgan fingerprint density at radius 3 is 2.79 bits per heavy atom. The lowest BCUT2D eigenvalue weighted by Crippen LogP contribution is -2.37. The Morgan fingerprint density at radius 2 is 2.21 bits per heavy atom. The topological polar surface area (TPSA) is 62.4 Å². The van der Waals surface area contributed by atoms with Crippen LogP contribution in [0.3, 0.4) is 0 Å². The van der Waals surface area contributed by atoms with E-state index in [9.17, 15) is 5.11 Å². The molecule has 1 atom stereocenters. The molecule has 2 heterocycles. The largest absolute Gasteiger partial charge is 0.418 e. The van der Waals surface area contributed by atoms with Gasteiger partial charge in [-0.05, 0) is 39.3 Å². The van der Waals surface area contributed by atoms with Crippen LogP contribution in [0, 0.1) is 0 Å². The van der Waals surface area contributed by atoms with E-state index in [0.29, 0.717) is 18.3 Å². The van der Waals surface area contributed by atoms with Gasteiger partial charge in [0.2, 0.25) is 5.89 Å². The molecule has 0 bridgehead atoms. The summed E-state index contributed by atoms with van der Waals surface area (Å²) in [6.45, 7) is 6.07. The van der Waals surface area contributed by atoms with Crippen molar-refractivity contribution in [3.05, 3.63) is 23.4 Å². The van der Waals surface area contributed by atoms with Crippen LogP contribution in [-0.2, 0) is 0 Å². The Labute approximate surface area is 116 Å². The van der Waals surface area contributed by atoms with E-state index in [-0.39, 0.29) is 6.04 Å². The van der Waals surface area contributed by atoms with E-state index >= 15 is 0 Å². The summed E-state index contributed by atoms with van der Waals surface area (Å²) in [5.41, 5.74) is -0.750. The molecule has 2 aromatic heterocycles. The van der Waals surface area contributed by atoms with Gasteiger partial charge in [-0.25, -0.2) is 0 Å². The van der Waals surface area contributed by atoms with Crippen molar-refractivity contribution in [2.75, 3.05) is 13.6 Å². The molecule has 0 amide bonds. The van der Waals surface area contributed by atoms with Crippen LogP contribution < -0.4 is 0 Å². The summed E-state index contributed by atoms with van der Waals surface area (Å²) in [6.07, 6.45) is 0. The lowest BCUT2D eigenvalue weighted by atomic mass is 10.1. The van der Waals surface area contributed by atoms with Gasteiger partial charge in [-0.2, -0.15) is 0 Å². The number of aliphatic hydroxyl groups is 1. The van der Waals surface area contributed by atoms with Gasteiger partial charge >= 0.3 is 0 Å². The second-order valence-corrected chi connectivity index (χ2v) is 6.27. The molecule has 6 heteroatoms. The van der Waals surface area contributed by atoms with Crippen LogP contribution >= 0.6 is 11.3 Å². The SMILES string of the molecule is CC(c1nnc(-c2cccs2)o1)N(C)CC(C)(C)O. The Balaban J connectivity index is 2.10. The molecule has 0 aromatic carbocycles. The van der Waals surface area contributed by atoms with Gasteiger partial charge in [0.15, 0.2) is 0 Å². The van der Waals surface area contributed by atoms with Crippen LogP contribution in [0.5, 0.6) is 0 Å². The fourth-order valence-electron chi connectivity index (χ4n) is 1.84. The maximum atomic E-state index is 9.83. The van der Waals surface area contributed by atoms with E-state index in [2.05, 4.69) is 10.2 Å². The van der Waals surface area contributed by atoms with Gasteiger partial charge in [-0.3, -0.25) is 4.90 Å². The maximum absolute atomic E-state index is 9.83. The van der Waals surface area contributed by atoms with Crippen LogP contribution in [0.2, 0.25) is 0 Å². The highest BCUT2D eigenvalue weighted by molar-refractivity contribution is 7.13. The zero-order valence-corrected chi connectivity index (χ0v) is 12.4. The first-order valence-corrected chi connectivity index (χ1v) is 7.05. The highest BCUT2D eigenvalue weighted by Gasteiger charge is 2.24. The summed E-state index contributed by atoms with van der Waals surface area (Å²) in [7, 11) is 1.93. The number of hydrogen-bond acceptors (Lipinski definition) is 6. The lowest BCUT2D eigenvalue weighted by molar-refractivity contribution is 0.0298. The Hall–Kier alpha value is -1.24. The molecule has 19 heavy (non-hydrogen) atoms. The predicted octanol–water partition coefficient (Wildman–Crippen LogP) is 2.56. The molecule has 0 radical (unpaired) electrons. The van der Waals surface area contributed by atoms with Crippen LogP contribution in [0.25, 0.3) is 10.8 Å². The van der Waals surface area contributed by atoms with Gasteiger partial charge in [0.05, 0.1) is 16.5 Å². The second-order valence-electron chi connectivity index (χ2n) is 5.33. The first kappa shape index (κ1) is 14.2. The number of likely N-dealkylation sites (N-methyl/N-ethyl adjacent to an activating group) is 1. The average molecular weight is 281 g/mol. The molecule has 1 N–H and O–H groups in total. The van der Waals surface area contributed by atoms with Gasteiger partial charge < -0.3 is 9.52 Å². The van der Waals surface area contributed by atoms with Crippen molar-refractivity contribution in [2.45, 2.75) is 32.4 Å². The summed E-state index contributed by atoms with van der Waals surface area (Å²) >= 11 is 1.57. The Morgan fingerprint density at radius 1 is 1.47 bits per heavy atom. The minimum Gasteiger partial charge on any atom is -0.418 e. The van der Waals surface area contributed by atoms with Gasteiger partial charge in [0.25, 0.3) is 5.89 Å². The molecule has 0 aliphatic carbocycles. The van der Waals surface area contributed by atoms with Crippen molar-refractivity contribution in [1.82, 2.24) is 15.1 Å².